The second kappa shape index (κ2) is 8.75. The molecule has 168 valence electrons. The number of sulfonamides is 1. The van der Waals surface area contributed by atoms with E-state index in [4.69, 9.17) is 9.47 Å². The lowest BCUT2D eigenvalue weighted by Crippen LogP contribution is -2.50. The molecule has 7 nitrogen and oxygen atoms in total. The molecule has 1 aliphatic rings. The number of nitrogens with zero attached hydrogens (tertiary/aromatic N) is 2. The largest absolute Gasteiger partial charge is 0.493 e. The Labute approximate surface area is 178 Å². The lowest BCUT2D eigenvalue weighted by molar-refractivity contribution is -0.138. The van der Waals surface area contributed by atoms with Gasteiger partial charge in [0.05, 0.1) is 30.2 Å². The minimum Gasteiger partial charge on any atom is -0.493 e. The monoisotopic (exact) mass is 458 g/mol. The zero-order valence-corrected chi connectivity index (χ0v) is 17.7. The maximum atomic E-state index is 13.2. The highest BCUT2D eigenvalue weighted by atomic mass is 32.2. The molecule has 3 rings (SSSR count). The van der Waals surface area contributed by atoms with E-state index >= 15 is 0 Å². The second-order valence-electron chi connectivity index (χ2n) is 6.76. The van der Waals surface area contributed by atoms with E-state index in [1.807, 2.05) is 0 Å². The highest BCUT2D eigenvalue weighted by molar-refractivity contribution is 7.89. The molecule has 2 aromatic rings. The molecule has 11 heteroatoms. The molecule has 1 heterocycles. The molecular weight excluding hydrogens is 437 g/mol. The molecule has 1 aliphatic heterocycles. The van der Waals surface area contributed by atoms with Crippen LogP contribution in [0.3, 0.4) is 0 Å². The zero-order valence-electron chi connectivity index (χ0n) is 16.8. The molecule has 0 unspecified atom stereocenters. The highest BCUT2D eigenvalue weighted by Crippen LogP contribution is 2.33. The average molecular weight is 458 g/mol. The fourth-order valence-corrected chi connectivity index (χ4v) is 4.78. The maximum Gasteiger partial charge on any atom is 0.417 e. The molecule has 2 aromatic carbocycles. The third-order valence-electron chi connectivity index (χ3n) is 4.98. The van der Waals surface area contributed by atoms with Gasteiger partial charge in [0.2, 0.25) is 10.0 Å². The minimum absolute atomic E-state index is 0.00709. The quantitative estimate of drug-likeness (QED) is 0.689. The van der Waals surface area contributed by atoms with Crippen LogP contribution in [0.25, 0.3) is 0 Å². The number of alkyl halides is 3. The topological polar surface area (TPSA) is 76.2 Å². The van der Waals surface area contributed by atoms with Gasteiger partial charge < -0.3 is 14.4 Å². The lowest BCUT2D eigenvalue weighted by atomic mass is 10.1. The Morgan fingerprint density at radius 3 is 2.13 bits per heavy atom. The van der Waals surface area contributed by atoms with E-state index in [2.05, 4.69) is 0 Å². The maximum absolute atomic E-state index is 13.2. The van der Waals surface area contributed by atoms with E-state index in [9.17, 15) is 26.4 Å². The molecule has 0 N–H and O–H groups in total. The summed E-state index contributed by atoms with van der Waals surface area (Å²) in [7, 11) is -1.07. The van der Waals surface area contributed by atoms with Gasteiger partial charge in [0.1, 0.15) is 0 Å². The Kier molecular flexibility index (Phi) is 6.46. The first-order valence-electron chi connectivity index (χ1n) is 9.27. The Bertz CT molecular complexity index is 1060. The van der Waals surface area contributed by atoms with Crippen LogP contribution in [0.15, 0.2) is 47.4 Å². The van der Waals surface area contributed by atoms with E-state index in [0.29, 0.717) is 5.75 Å². The van der Waals surface area contributed by atoms with Crippen molar-refractivity contribution in [1.82, 2.24) is 9.21 Å². The third-order valence-corrected chi connectivity index (χ3v) is 6.88. The van der Waals surface area contributed by atoms with Gasteiger partial charge >= 0.3 is 6.18 Å². The van der Waals surface area contributed by atoms with Crippen molar-refractivity contribution >= 4 is 15.9 Å². The zero-order chi connectivity index (χ0) is 22.8. The summed E-state index contributed by atoms with van der Waals surface area (Å²) in [5.41, 5.74) is -1.47. The van der Waals surface area contributed by atoms with Crippen LogP contribution in [0, 0.1) is 0 Å². The van der Waals surface area contributed by atoms with E-state index in [0.717, 1.165) is 12.1 Å². The molecule has 0 aliphatic carbocycles. The van der Waals surface area contributed by atoms with E-state index < -0.39 is 33.2 Å². The average Bonchev–Trinajstić information content (AvgIpc) is 2.77. The van der Waals surface area contributed by atoms with Crippen LogP contribution < -0.4 is 9.47 Å². The molecule has 0 saturated carbocycles. The summed E-state index contributed by atoms with van der Waals surface area (Å²) in [4.78, 5) is 13.9. The number of methoxy groups -OCH3 is 2. The number of carbonyl (C=O) groups is 1. The van der Waals surface area contributed by atoms with Crippen LogP contribution in [-0.2, 0) is 16.2 Å². The summed E-state index contributed by atoms with van der Waals surface area (Å²) in [6, 6.07) is 8.75. The standard InChI is InChI=1S/C20H21F3N2O5S/c1-29-17-8-7-14(13-18(17)30-2)31(27,28)25-11-9-24(10-12-25)19(26)15-5-3-4-6-16(15)20(21,22)23/h3-8,13H,9-12H2,1-2H3. The van der Waals surface area contributed by atoms with Gasteiger partial charge in [0.15, 0.2) is 11.5 Å². The number of hydrogen-bond donors (Lipinski definition) is 0. The summed E-state index contributed by atoms with van der Waals surface area (Å²) in [6.45, 7) is -0.151. The third kappa shape index (κ3) is 4.62. The van der Waals surface area contributed by atoms with Crippen molar-refractivity contribution in [3.05, 3.63) is 53.6 Å². The lowest BCUT2D eigenvalue weighted by Gasteiger charge is -2.34. The summed E-state index contributed by atoms with van der Waals surface area (Å²) >= 11 is 0. The Hall–Kier alpha value is -2.79. The van der Waals surface area contributed by atoms with Gasteiger partial charge in [-0.05, 0) is 24.3 Å². The Morgan fingerprint density at radius 2 is 1.55 bits per heavy atom. The van der Waals surface area contributed by atoms with Crippen LogP contribution in [0.5, 0.6) is 11.5 Å². The highest BCUT2D eigenvalue weighted by Gasteiger charge is 2.37. The summed E-state index contributed by atoms with van der Waals surface area (Å²) < 4.78 is 77.0. The van der Waals surface area contributed by atoms with Crippen LogP contribution in [0.4, 0.5) is 13.2 Å². The molecule has 0 atom stereocenters. The van der Waals surface area contributed by atoms with Crippen LogP contribution in [0.2, 0.25) is 0 Å². The predicted octanol–water partition coefficient (Wildman–Crippen LogP) is 2.87. The van der Waals surface area contributed by atoms with Crippen molar-refractivity contribution in [1.29, 1.82) is 0 Å². The van der Waals surface area contributed by atoms with Crippen LogP contribution >= 0.6 is 0 Å². The molecule has 1 fully saturated rings. The molecule has 0 aromatic heterocycles. The number of ether oxygens (including phenoxy) is 2. The van der Waals surface area contributed by atoms with Gasteiger partial charge in [-0.25, -0.2) is 8.42 Å². The summed E-state index contributed by atoms with van der Waals surface area (Å²) in [5.74, 6) is -0.155. The van der Waals surface area contributed by atoms with Gasteiger partial charge in [-0.2, -0.15) is 17.5 Å². The number of piperazine rings is 1. The van der Waals surface area contributed by atoms with Gasteiger partial charge in [-0.1, -0.05) is 12.1 Å². The molecule has 0 radical (unpaired) electrons. The van der Waals surface area contributed by atoms with Crippen LogP contribution in [0.1, 0.15) is 15.9 Å². The van der Waals surface area contributed by atoms with Crippen molar-refractivity contribution in [3.8, 4) is 11.5 Å². The van der Waals surface area contributed by atoms with Crippen molar-refractivity contribution in [2.24, 2.45) is 0 Å². The van der Waals surface area contributed by atoms with Gasteiger partial charge in [-0.15, -0.1) is 0 Å². The van der Waals surface area contributed by atoms with Gasteiger partial charge in [0.25, 0.3) is 5.91 Å². The molecule has 1 amide bonds. The number of carbonyl (C=O) groups excluding carboxylic acids is 1. The predicted molar refractivity (Wildman–Crippen MR) is 106 cm³/mol. The Morgan fingerprint density at radius 1 is 0.935 bits per heavy atom. The van der Waals surface area contributed by atoms with Gasteiger partial charge in [0, 0.05) is 32.2 Å². The van der Waals surface area contributed by atoms with Crippen molar-refractivity contribution in [2.45, 2.75) is 11.1 Å². The van der Waals surface area contributed by atoms with Crippen LogP contribution in [-0.4, -0.2) is 63.9 Å². The SMILES string of the molecule is COc1ccc(S(=O)(=O)N2CCN(C(=O)c3ccccc3C(F)(F)F)CC2)cc1OC. The molecule has 1 saturated heterocycles. The Balaban J connectivity index is 1.76. The fourth-order valence-electron chi connectivity index (χ4n) is 3.34. The molecule has 31 heavy (non-hydrogen) atoms. The fraction of sp³-hybridized carbons (Fsp3) is 0.350. The minimum atomic E-state index is -4.66. The molecule has 0 bridgehead atoms. The van der Waals surface area contributed by atoms with E-state index in [1.165, 1.54) is 53.8 Å². The second-order valence-corrected chi connectivity index (χ2v) is 8.69. The van der Waals surface area contributed by atoms with Crippen molar-refractivity contribution in [3.63, 3.8) is 0 Å². The first-order valence-corrected chi connectivity index (χ1v) is 10.7. The number of rotatable bonds is 5. The number of amides is 1. The van der Waals surface area contributed by atoms with E-state index in [1.54, 1.807) is 0 Å². The van der Waals surface area contributed by atoms with Crippen molar-refractivity contribution in [2.75, 3.05) is 40.4 Å². The number of hydrogen-bond acceptors (Lipinski definition) is 5. The smallest absolute Gasteiger partial charge is 0.417 e. The van der Waals surface area contributed by atoms with Gasteiger partial charge in [-0.3, -0.25) is 4.79 Å². The summed E-state index contributed by atoms with van der Waals surface area (Å²) in [5, 5.41) is 0. The summed E-state index contributed by atoms with van der Waals surface area (Å²) in [6.07, 6.45) is -4.66. The number of benzene rings is 2. The van der Waals surface area contributed by atoms with Crippen molar-refractivity contribution < 1.29 is 35.9 Å². The first-order chi connectivity index (χ1) is 14.6. The first kappa shape index (κ1) is 22.9. The number of halogens is 3. The normalized spacial score (nSPS) is 15.6. The molecule has 0 spiro atoms. The van der Waals surface area contributed by atoms with E-state index in [-0.39, 0.29) is 36.8 Å². The molecular formula is C20H21F3N2O5S.